The first-order valence-electron chi connectivity index (χ1n) is 11.3. The minimum atomic E-state index is -0.464. The second-order valence-electron chi connectivity index (χ2n) is 7.95. The second kappa shape index (κ2) is 10.5. The van der Waals surface area contributed by atoms with Crippen LogP contribution in [0.4, 0.5) is 5.69 Å². The maximum Gasteiger partial charge on any atom is 0.283 e. The highest BCUT2D eigenvalue weighted by Gasteiger charge is 2.36. The van der Waals surface area contributed by atoms with Gasteiger partial charge in [-0.3, -0.25) is 25.2 Å². The zero-order chi connectivity index (χ0) is 25.8. The van der Waals surface area contributed by atoms with Crippen molar-refractivity contribution in [3.05, 3.63) is 111 Å². The summed E-state index contributed by atoms with van der Waals surface area (Å²) < 4.78 is 11.2. The molecule has 1 amide bonds. The predicted molar refractivity (Wildman–Crippen MR) is 143 cm³/mol. The van der Waals surface area contributed by atoms with Gasteiger partial charge in [0.1, 0.15) is 30.5 Å². The molecule has 0 aliphatic carbocycles. The third-order valence-corrected chi connectivity index (χ3v) is 6.37. The molecule has 9 nitrogen and oxygen atoms in total. The van der Waals surface area contributed by atoms with E-state index in [1.54, 1.807) is 35.2 Å². The fourth-order valence-corrected chi connectivity index (χ4v) is 4.61. The van der Waals surface area contributed by atoms with E-state index in [2.05, 4.69) is 4.99 Å². The van der Waals surface area contributed by atoms with Gasteiger partial charge in [-0.05, 0) is 41.5 Å². The number of rotatable bonds is 8. The van der Waals surface area contributed by atoms with Crippen molar-refractivity contribution in [1.82, 2.24) is 4.90 Å². The summed E-state index contributed by atoms with van der Waals surface area (Å²) in [6, 6.07) is 22.7. The average Bonchev–Trinajstić information content (AvgIpc) is 3.34. The van der Waals surface area contributed by atoms with Crippen LogP contribution in [0.2, 0.25) is 0 Å². The quantitative estimate of drug-likeness (QED) is 0.187. The molecule has 37 heavy (non-hydrogen) atoms. The van der Waals surface area contributed by atoms with Gasteiger partial charge >= 0.3 is 0 Å². The molecule has 0 saturated carbocycles. The number of aliphatic imine (C=N–C) groups is 1. The van der Waals surface area contributed by atoms with Crippen molar-refractivity contribution in [2.75, 3.05) is 13.2 Å². The molecule has 10 heteroatoms. The highest BCUT2D eigenvalue weighted by atomic mass is 32.2. The van der Waals surface area contributed by atoms with Gasteiger partial charge in [-0.1, -0.05) is 54.2 Å². The fraction of sp³-hybridized carbons (Fsp3) is 0.0741. The minimum absolute atomic E-state index is 0.00313. The lowest BCUT2D eigenvalue weighted by molar-refractivity contribution is -0.384. The maximum absolute atomic E-state index is 12.7. The summed E-state index contributed by atoms with van der Waals surface area (Å²) in [5.41, 5.74) is 2.70. The van der Waals surface area contributed by atoms with Gasteiger partial charge in [0.15, 0.2) is 5.17 Å². The summed E-state index contributed by atoms with van der Waals surface area (Å²) in [6.45, 7) is 0.542. The van der Waals surface area contributed by atoms with Crippen molar-refractivity contribution in [2.24, 2.45) is 4.99 Å². The molecule has 0 fully saturated rings. The van der Waals surface area contributed by atoms with Crippen LogP contribution in [0, 0.1) is 15.5 Å². The molecule has 5 rings (SSSR count). The molecule has 3 aromatic carbocycles. The van der Waals surface area contributed by atoms with Gasteiger partial charge in [0, 0.05) is 17.5 Å². The number of hydrogen-bond donors (Lipinski definition) is 1. The van der Waals surface area contributed by atoms with Crippen molar-refractivity contribution in [3.63, 3.8) is 0 Å². The summed E-state index contributed by atoms with van der Waals surface area (Å²) in [5, 5.41) is 21.8. The monoisotopic (exact) mass is 512 g/mol. The van der Waals surface area contributed by atoms with Crippen LogP contribution in [0.5, 0.6) is 11.5 Å². The van der Waals surface area contributed by atoms with E-state index in [0.29, 0.717) is 16.7 Å². The Hall–Kier alpha value is -4.70. The lowest BCUT2D eigenvalue weighted by Gasteiger charge is -2.26. The number of benzene rings is 3. The summed E-state index contributed by atoms with van der Waals surface area (Å²) in [5.74, 6) is 0.766. The number of ether oxygens (including phenoxy) is 2. The number of hydrogen-bond acceptors (Lipinski definition) is 7. The lowest BCUT2D eigenvalue weighted by Crippen LogP contribution is -2.38. The van der Waals surface area contributed by atoms with Gasteiger partial charge in [0.2, 0.25) is 0 Å². The fourth-order valence-electron chi connectivity index (χ4n) is 3.72. The molecular weight excluding hydrogens is 492 g/mol. The van der Waals surface area contributed by atoms with Crippen LogP contribution in [0.1, 0.15) is 11.1 Å². The number of thioether (sulfide) groups is 1. The summed E-state index contributed by atoms with van der Waals surface area (Å²) in [4.78, 5) is 28.8. The second-order valence-corrected chi connectivity index (χ2v) is 8.78. The smallest absolute Gasteiger partial charge is 0.283 e. The lowest BCUT2D eigenvalue weighted by atomic mass is 10.1. The van der Waals surface area contributed by atoms with Crippen molar-refractivity contribution in [2.45, 2.75) is 0 Å². The van der Waals surface area contributed by atoms with Crippen molar-refractivity contribution in [3.8, 4) is 11.5 Å². The Kier molecular flexibility index (Phi) is 6.82. The summed E-state index contributed by atoms with van der Waals surface area (Å²) >= 11 is 1.33. The van der Waals surface area contributed by atoms with Gasteiger partial charge in [-0.25, -0.2) is 0 Å². The molecule has 3 aromatic rings. The SMILES string of the molecule is N=C1/C(=C/c2ccc(OCCOc3ccc([N+](=O)[O-])cc3)cc2)C(=O)N=C2SC=C(c3ccccc3)N12. The first-order chi connectivity index (χ1) is 18.0. The van der Waals surface area contributed by atoms with Crippen molar-refractivity contribution >= 4 is 46.1 Å². The molecule has 184 valence electrons. The van der Waals surface area contributed by atoms with Gasteiger partial charge < -0.3 is 9.47 Å². The highest BCUT2D eigenvalue weighted by Crippen LogP contribution is 2.37. The number of carbonyl (C=O) groups is 1. The normalized spacial score (nSPS) is 15.8. The van der Waals surface area contributed by atoms with Gasteiger partial charge in [-0.15, -0.1) is 0 Å². The Labute approximate surface area is 216 Å². The van der Waals surface area contributed by atoms with E-state index in [1.807, 2.05) is 35.7 Å². The Morgan fingerprint density at radius 1 is 0.946 bits per heavy atom. The minimum Gasteiger partial charge on any atom is -0.490 e. The first kappa shape index (κ1) is 24.0. The topological polar surface area (TPSA) is 118 Å². The predicted octanol–water partition coefficient (Wildman–Crippen LogP) is 5.36. The molecular formula is C27H20N4O5S. The number of nitrogens with one attached hydrogen (secondary N) is 1. The van der Waals surface area contributed by atoms with Crippen LogP contribution in [-0.2, 0) is 4.79 Å². The van der Waals surface area contributed by atoms with E-state index in [9.17, 15) is 14.9 Å². The van der Waals surface area contributed by atoms with E-state index >= 15 is 0 Å². The Morgan fingerprint density at radius 2 is 1.57 bits per heavy atom. The molecule has 1 N–H and O–H groups in total. The number of amidine groups is 2. The summed E-state index contributed by atoms with van der Waals surface area (Å²) in [6.07, 6.45) is 1.65. The van der Waals surface area contributed by atoms with Crippen LogP contribution >= 0.6 is 11.8 Å². The van der Waals surface area contributed by atoms with Gasteiger partial charge in [-0.2, -0.15) is 4.99 Å². The molecule has 0 unspecified atom stereocenters. The third kappa shape index (κ3) is 5.29. The van der Waals surface area contributed by atoms with Crippen molar-refractivity contribution < 1.29 is 19.2 Å². The maximum atomic E-state index is 12.7. The van der Waals surface area contributed by atoms with Gasteiger partial charge in [0.05, 0.1) is 16.2 Å². The molecule has 2 aliphatic rings. The van der Waals surface area contributed by atoms with Crippen LogP contribution in [0.25, 0.3) is 11.8 Å². The van der Waals surface area contributed by atoms with E-state index < -0.39 is 10.8 Å². The Morgan fingerprint density at radius 3 is 2.19 bits per heavy atom. The molecule has 0 spiro atoms. The molecule has 2 heterocycles. The van der Waals surface area contributed by atoms with Crippen LogP contribution in [-0.4, -0.2) is 39.9 Å². The molecule has 0 aromatic heterocycles. The number of fused-ring (bicyclic) bond motifs is 1. The zero-order valence-corrected chi connectivity index (χ0v) is 20.2. The Balaban J connectivity index is 1.20. The molecule has 0 atom stereocenters. The standard InChI is InChI=1S/C27H20N4O5S/c28-25-23(26(32)29-27-30(25)24(17-37-27)19-4-2-1-3-5-19)16-18-6-10-21(11-7-18)35-14-15-36-22-12-8-20(9-13-22)31(33)34/h1-13,16-17,28H,14-15H2/b23-16-,28-25?. The van der Waals surface area contributed by atoms with Crippen LogP contribution < -0.4 is 9.47 Å². The number of nitro benzene ring substituents is 1. The molecule has 2 aliphatic heterocycles. The van der Waals surface area contributed by atoms with E-state index in [4.69, 9.17) is 14.9 Å². The number of nitro groups is 1. The Bertz CT molecular complexity index is 1450. The van der Waals surface area contributed by atoms with Gasteiger partial charge in [0.25, 0.3) is 11.6 Å². The number of nitrogens with zero attached hydrogens (tertiary/aromatic N) is 3. The van der Waals surface area contributed by atoms with Crippen molar-refractivity contribution in [1.29, 1.82) is 5.41 Å². The number of amides is 1. The number of carbonyl (C=O) groups excluding carboxylic acids is 1. The zero-order valence-electron chi connectivity index (χ0n) is 19.4. The molecule has 0 saturated heterocycles. The number of non-ortho nitro benzene ring substituents is 1. The van der Waals surface area contributed by atoms with E-state index in [0.717, 1.165) is 16.8 Å². The largest absolute Gasteiger partial charge is 0.490 e. The van der Waals surface area contributed by atoms with Crippen LogP contribution in [0.3, 0.4) is 0 Å². The average molecular weight is 513 g/mol. The third-order valence-electron chi connectivity index (χ3n) is 5.54. The van der Waals surface area contributed by atoms with E-state index in [1.165, 1.54) is 36.0 Å². The molecule has 0 bridgehead atoms. The highest BCUT2D eigenvalue weighted by molar-refractivity contribution is 8.17. The molecule has 0 radical (unpaired) electrons. The van der Waals surface area contributed by atoms with E-state index in [-0.39, 0.29) is 30.3 Å². The summed E-state index contributed by atoms with van der Waals surface area (Å²) in [7, 11) is 0. The van der Waals surface area contributed by atoms with Crippen LogP contribution in [0.15, 0.2) is 94.8 Å². The first-order valence-corrected chi connectivity index (χ1v) is 12.1.